The van der Waals surface area contributed by atoms with Crippen LogP contribution < -0.4 is 10.6 Å². The molecule has 0 saturated carbocycles. The van der Waals surface area contributed by atoms with Crippen LogP contribution in [0, 0.1) is 12.3 Å². The zero-order valence-corrected chi connectivity index (χ0v) is 17.1. The van der Waals surface area contributed by atoms with E-state index >= 15 is 0 Å². The SMILES string of the molecule is C#Cc1ccc(-n2nc(C=O)cc2C2=CC=C(C)CC2)cc1.CNC1CCNC1. The van der Waals surface area contributed by atoms with Crippen LogP contribution in [-0.2, 0) is 0 Å². The Balaban J connectivity index is 0.000000290. The van der Waals surface area contributed by atoms with E-state index in [4.69, 9.17) is 6.42 Å². The molecule has 1 aliphatic heterocycles. The first kappa shape index (κ1) is 20.8. The number of nitrogens with zero attached hydrogens (tertiary/aromatic N) is 2. The molecule has 1 aromatic heterocycles. The standard InChI is InChI=1S/C19H16N2O.C5H12N2/c1-3-15-6-10-18(11-7-15)21-19(12-17(13-22)20-21)16-8-4-14(2)5-9-16;1-6-5-2-3-7-4-5/h1,4,6-8,10-13H,5,9H2,2H3;5-7H,2-4H2,1H3. The number of hydrogen-bond acceptors (Lipinski definition) is 4. The lowest BCUT2D eigenvalue weighted by molar-refractivity contribution is 0.111. The van der Waals surface area contributed by atoms with Crippen LogP contribution in [0.25, 0.3) is 11.3 Å². The molecule has 150 valence electrons. The first-order chi connectivity index (χ1) is 14.1. The number of carbonyl (C=O) groups excluding carboxylic acids is 1. The summed E-state index contributed by atoms with van der Waals surface area (Å²) >= 11 is 0. The monoisotopic (exact) mass is 388 g/mol. The molecule has 0 amide bonds. The van der Waals surface area contributed by atoms with Gasteiger partial charge in [-0.2, -0.15) is 5.10 Å². The van der Waals surface area contributed by atoms with Crippen LogP contribution in [0.2, 0.25) is 0 Å². The van der Waals surface area contributed by atoms with Gasteiger partial charge in [0, 0.05) is 18.2 Å². The Morgan fingerprint density at radius 2 is 2.07 bits per heavy atom. The first-order valence-corrected chi connectivity index (χ1v) is 10.0. The molecule has 4 rings (SSSR count). The molecule has 2 aromatic rings. The number of aldehydes is 1. The van der Waals surface area contributed by atoms with Gasteiger partial charge in [-0.25, -0.2) is 4.68 Å². The highest BCUT2D eigenvalue weighted by atomic mass is 16.1. The minimum atomic E-state index is 0.434. The number of benzene rings is 1. The van der Waals surface area contributed by atoms with Crippen molar-refractivity contribution in [3.05, 3.63) is 65.0 Å². The molecule has 1 fully saturated rings. The van der Waals surface area contributed by atoms with Crippen molar-refractivity contribution in [3.63, 3.8) is 0 Å². The second-order valence-corrected chi connectivity index (χ2v) is 7.36. The van der Waals surface area contributed by atoms with Crippen molar-refractivity contribution in [1.29, 1.82) is 0 Å². The van der Waals surface area contributed by atoms with Crippen LogP contribution >= 0.6 is 0 Å². The maximum Gasteiger partial charge on any atom is 0.170 e. The predicted octanol–water partition coefficient (Wildman–Crippen LogP) is 3.36. The summed E-state index contributed by atoms with van der Waals surface area (Å²) in [6.07, 6.45) is 13.7. The van der Waals surface area contributed by atoms with Gasteiger partial charge in [-0.15, -0.1) is 6.42 Å². The van der Waals surface area contributed by atoms with Crippen molar-refractivity contribution in [2.75, 3.05) is 20.1 Å². The Morgan fingerprint density at radius 3 is 2.59 bits per heavy atom. The van der Waals surface area contributed by atoms with Gasteiger partial charge in [-0.3, -0.25) is 4.79 Å². The smallest absolute Gasteiger partial charge is 0.170 e. The van der Waals surface area contributed by atoms with Gasteiger partial charge in [-0.05, 0) is 75.7 Å². The fourth-order valence-electron chi connectivity index (χ4n) is 3.44. The lowest BCUT2D eigenvalue weighted by Gasteiger charge is -2.14. The van der Waals surface area contributed by atoms with Gasteiger partial charge in [0.1, 0.15) is 5.69 Å². The maximum atomic E-state index is 11.1. The fourth-order valence-corrected chi connectivity index (χ4v) is 3.44. The minimum Gasteiger partial charge on any atom is -0.316 e. The molecule has 5 nitrogen and oxygen atoms in total. The lowest BCUT2D eigenvalue weighted by atomic mass is 9.97. The third-order valence-corrected chi connectivity index (χ3v) is 5.28. The van der Waals surface area contributed by atoms with Gasteiger partial charge in [0.2, 0.25) is 0 Å². The maximum absolute atomic E-state index is 11.1. The van der Waals surface area contributed by atoms with Gasteiger partial charge in [0.25, 0.3) is 0 Å². The first-order valence-electron chi connectivity index (χ1n) is 10.0. The van der Waals surface area contributed by atoms with Crippen LogP contribution in [-0.4, -0.2) is 42.2 Å². The zero-order valence-electron chi connectivity index (χ0n) is 17.1. The molecule has 29 heavy (non-hydrogen) atoms. The number of rotatable bonds is 4. The molecule has 2 N–H and O–H groups in total. The van der Waals surface area contributed by atoms with E-state index in [1.165, 1.54) is 24.1 Å². The van der Waals surface area contributed by atoms with Gasteiger partial charge >= 0.3 is 0 Å². The summed E-state index contributed by atoms with van der Waals surface area (Å²) in [6.45, 7) is 4.46. The van der Waals surface area contributed by atoms with Crippen LogP contribution in [0.3, 0.4) is 0 Å². The summed E-state index contributed by atoms with van der Waals surface area (Å²) in [4.78, 5) is 11.1. The van der Waals surface area contributed by atoms with Crippen LogP contribution in [0.15, 0.2) is 48.1 Å². The number of likely N-dealkylation sites (N-methyl/N-ethyl adjacent to an activating group) is 1. The predicted molar refractivity (Wildman–Crippen MR) is 118 cm³/mol. The summed E-state index contributed by atoms with van der Waals surface area (Å²) < 4.78 is 1.81. The molecule has 0 spiro atoms. The van der Waals surface area contributed by atoms with Crippen molar-refractivity contribution in [1.82, 2.24) is 20.4 Å². The van der Waals surface area contributed by atoms with Crippen molar-refractivity contribution in [2.45, 2.75) is 32.2 Å². The van der Waals surface area contributed by atoms with Crippen LogP contribution in [0.1, 0.15) is 47.9 Å². The van der Waals surface area contributed by atoms with Gasteiger partial charge in [-0.1, -0.05) is 23.6 Å². The molecule has 1 aromatic carbocycles. The van der Waals surface area contributed by atoms with Crippen molar-refractivity contribution >= 4 is 11.9 Å². The minimum absolute atomic E-state index is 0.434. The Kier molecular flexibility index (Phi) is 7.18. The summed E-state index contributed by atoms with van der Waals surface area (Å²) in [5.41, 5.74) is 5.66. The lowest BCUT2D eigenvalue weighted by Crippen LogP contribution is -2.26. The molecule has 1 aliphatic carbocycles. The summed E-state index contributed by atoms with van der Waals surface area (Å²) in [7, 11) is 2.01. The number of nitrogens with one attached hydrogen (secondary N) is 2. The number of allylic oxidation sites excluding steroid dienone is 4. The molecule has 2 heterocycles. The summed E-state index contributed by atoms with van der Waals surface area (Å²) in [5.74, 6) is 2.60. The highest BCUT2D eigenvalue weighted by molar-refractivity contribution is 5.76. The van der Waals surface area contributed by atoms with Gasteiger partial charge < -0.3 is 10.6 Å². The van der Waals surface area contributed by atoms with E-state index in [9.17, 15) is 4.79 Å². The fraction of sp³-hybridized carbons (Fsp3) is 0.333. The van der Waals surface area contributed by atoms with E-state index < -0.39 is 0 Å². The highest BCUT2D eigenvalue weighted by Crippen LogP contribution is 2.28. The number of aromatic nitrogens is 2. The molecule has 0 radical (unpaired) electrons. The second kappa shape index (κ2) is 10.0. The molecule has 1 unspecified atom stereocenters. The molecular formula is C24H28N4O. The van der Waals surface area contributed by atoms with E-state index in [1.807, 2.05) is 42.1 Å². The normalized spacial score (nSPS) is 18.2. The molecule has 0 bridgehead atoms. The number of hydrogen-bond donors (Lipinski definition) is 2. The Bertz CT molecular complexity index is 938. The average molecular weight is 389 g/mol. The Labute approximate surface area is 172 Å². The number of terminal acetylenes is 1. The molecule has 1 saturated heterocycles. The largest absolute Gasteiger partial charge is 0.316 e. The van der Waals surface area contributed by atoms with Crippen LogP contribution in [0.5, 0.6) is 0 Å². The highest BCUT2D eigenvalue weighted by Gasteiger charge is 2.15. The Hall–Kier alpha value is -2.94. The molecule has 5 heteroatoms. The summed E-state index contributed by atoms with van der Waals surface area (Å²) in [6, 6.07) is 10.2. The average Bonchev–Trinajstić information content (AvgIpc) is 3.45. The topological polar surface area (TPSA) is 59.0 Å². The Morgan fingerprint density at radius 1 is 1.28 bits per heavy atom. The van der Waals surface area contributed by atoms with E-state index in [2.05, 4.69) is 40.7 Å². The second-order valence-electron chi connectivity index (χ2n) is 7.36. The third kappa shape index (κ3) is 5.32. The molecular weight excluding hydrogens is 360 g/mol. The van der Waals surface area contributed by atoms with E-state index in [0.717, 1.165) is 48.7 Å². The van der Waals surface area contributed by atoms with Gasteiger partial charge in [0.05, 0.1) is 11.4 Å². The quantitative estimate of drug-likeness (QED) is 0.623. The van der Waals surface area contributed by atoms with E-state index in [0.29, 0.717) is 5.69 Å². The molecule has 2 aliphatic rings. The van der Waals surface area contributed by atoms with E-state index in [1.54, 1.807) is 0 Å². The zero-order chi connectivity index (χ0) is 20.6. The van der Waals surface area contributed by atoms with Crippen LogP contribution in [0.4, 0.5) is 0 Å². The third-order valence-electron chi connectivity index (χ3n) is 5.28. The van der Waals surface area contributed by atoms with Gasteiger partial charge in [0.15, 0.2) is 6.29 Å². The van der Waals surface area contributed by atoms with E-state index in [-0.39, 0.29) is 0 Å². The molecule has 1 atom stereocenters. The van der Waals surface area contributed by atoms with Crippen molar-refractivity contribution in [3.8, 4) is 18.0 Å². The summed E-state index contributed by atoms with van der Waals surface area (Å²) in [5, 5.41) is 10.8. The van der Waals surface area contributed by atoms with Crippen molar-refractivity contribution in [2.24, 2.45) is 0 Å². The number of carbonyl (C=O) groups is 1. The van der Waals surface area contributed by atoms with Crippen molar-refractivity contribution < 1.29 is 4.79 Å².